The van der Waals surface area contributed by atoms with Gasteiger partial charge in [-0.05, 0) is 18.6 Å². The topological polar surface area (TPSA) is 113 Å². The first-order chi connectivity index (χ1) is 12.5. The number of ether oxygens (including phenoxy) is 1. The van der Waals surface area contributed by atoms with Crippen LogP contribution in [-0.2, 0) is 20.7 Å². The molecule has 0 bridgehead atoms. The molecule has 138 valence electrons. The Hall–Kier alpha value is -2.74. The van der Waals surface area contributed by atoms with Gasteiger partial charge in [0.1, 0.15) is 5.82 Å². The maximum Gasteiger partial charge on any atom is 0.306 e. The second-order valence-electron chi connectivity index (χ2n) is 6.31. The molecule has 8 heteroatoms. The van der Waals surface area contributed by atoms with Crippen molar-refractivity contribution in [1.82, 2.24) is 14.9 Å². The molecule has 1 aromatic carbocycles. The summed E-state index contributed by atoms with van der Waals surface area (Å²) < 4.78 is 5.37. The minimum absolute atomic E-state index is 0.0353. The van der Waals surface area contributed by atoms with Crippen molar-refractivity contribution in [2.75, 3.05) is 19.7 Å². The number of carbonyl (C=O) groups is 2. The Labute approximate surface area is 149 Å². The molecule has 1 amide bonds. The maximum absolute atomic E-state index is 12.3. The van der Waals surface area contributed by atoms with Gasteiger partial charge >= 0.3 is 5.97 Å². The Balaban J connectivity index is 1.54. The van der Waals surface area contributed by atoms with Crippen molar-refractivity contribution in [3.63, 3.8) is 0 Å². The highest BCUT2D eigenvalue weighted by Gasteiger charge is 2.25. The number of aryl methyl sites for hydroxylation is 1. The fourth-order valence-corrected chi connectivity index (χ4v) is 3.08. The number of carboxylic acids is 1. The van der Waals surface area contributed by atoms with Crippen LogP contribution in [0.3, 0.4) is 0 Å². The summed E-state index contributed by atoms with van der Waals surface area (Å²) in [4.78, 5) is 44.0. The number of nitrogens with one attached hydrogen (secondary N) is 1. The molecular weight excluding hydrogens is 338 g/mol. The van der Waals surface area contributed by atoms with Crippen molar-refractivity contribution in [2.45, 2.75) is 31.8 Å². The van der Waals surface area contributed by atoms with Gasteiger partial charge in [-0.25, -0.2) is 4.98 Å². The molecule has 1 aliphatic heterocycles. The van der Waals surface area contributed by atoms with E-state index in [2.05, 4.69) is 9.97 Å². The predicted molar refractivity (Wildman–Crippen MR) is 93.9 cm³/mol. The number of hydrogen-bond acceptors (Lipinski definition) is 5. The molecule has 0 saturated carbocycles. The normalized spacial score (nSPS) is 17.4. The van der Waals surface area contributed by atoms with Crippen LogP contribution in [0.25, 0.3) is 10.9 Å². The zero-order chi connectivity index (χ0) is 18.5. The summed E-state index contributed by atoms with van der Waals surface area (Å²) in [6, 6.07) is 7.13. The SMILES string of the molecule is O=C(O)C[C@@H]1CN(C(=O)CCCc2nc3ccccc3c(=O)[nH]2)CCO1. The van der Waals surface area contributed by atoms with Crippen molar-refractivity contribution in [1.29, 1.82) is 0 Å². The average molecular weight is 359 g/mol. The molecule has 1 atom stereocenters. The summed E-state index contributed by atoms with van der Waals surface area (Å²) in [7, 11) is 0. The Bertz CT molecular complexity index is 863. The van der Waals surface area contributed by atoms with E-state index in [-0.39, 0.29) is 17.9 Å². The van der Waals surface area contributed by atoms with Crippen LogP contribution in [0.15, 0.2) is 29.1 Å². The van der Waals surface area contributed by atoms with Crippen LogP contribution in [0.5, 0.6) is 0 Å². The van der Waals surface area contributed by atoms with Crippen molar-refractivity contribution < 1.29 is 19.4 Å². The van der Waals surface area contributed by atoms with Gasteiger partial charge in [0.15, 0.2) is 0 Å². The Morgan fingerprint density at radius 1 is 1.35 bits per heavy atom. The van der Waals surface area contributed by atoms with Crippen molar-refractivity contribution in [3.05, 3.63) is 40.4 Å². The van der Waals surface area contributed by atoms with Gasteiger partial charge in [-0.15, -0.1) is 0 Å². The lowest BCUT2D eigenvalue weighted by Gasteiger charge is -2.32. The van der Waals surface area contributed by atoms with E-state index in [1.165, 1.54) is 0 Å². The number of rotatable bonds is 6. The monoisotopic (exact) mass is 359 g/mol. The zero-order valence-electron chi connectivity index (χ0n) is 14.3. The molecule has 2 heterocycles. The smallest absolute Gasteiger partial charge is 0.306 e. The van der Waals surface area contributed by atoms with Gasteiger partial charge in [0.2, 0.25) is 5.91 Å². The molecule has 1 fully saturated rings. The van der Waals surface area contributed by atoms with Crippen LogP contribution in [0.1, 0.15) is 25.1 Å². The lowest BCUT2D eigenvalue weighted by atomic mass is 10.1. The number of para-hydroxylation sites is 1. The first kappa shape index (κ1) is 18.1. The number of benzene rings is 1. The summed E-state index contributed by atoms with van der Waals surface area (Å²) in [5.41, 5.74) is 0.462. The average Bonchev–Trinajstić information content (AvgIpc) is 2.61. The summed E-state index contributed by atoms with van der Waals surface area (Å²) in [6.45, 7) is 1.12. The number of morpholine rings is 1. The number of nitrogens with zero attached hydrogens (tertiary/aromatic N) is 2. The van der Waals surface area contributed by atoms with Crippen molar-refractivity contribution >= 4 is 22.8 Å². The van der Waals surface area contributed by atoms with Crippen LogP contribution in [0, 0.1) is 0 Å². The third-order valence-corrected chi connectivity index (χ3v) is 4.36. The van der Waals surface area contributed by atoms with E-state index in [9.17, 15) is 14.4 Å². The molecule has 0 unspecified atom stereocenters. The fraction of sp³-hybridized carbons (Fsp3) is 0.444. The largest absolute Gasteiger partial charge is 0.481 e. The van der Waals surface area contributed by atoms with Crippen LogP contribution in [-0.4, -0.2) is 57.7 Å². The van der Waals surface area contributed by atoms with Gasteiger partial charge in [-0.2, -0.15) is 0 Å². The Morgan fingerprint density at radius 2 is 2.15 bits per heavy atom. The van der Waals surface area contributed by atoms with Gasteiger partial charge in [0, 0.05) is 25.9 Å². The fourth-order valence-electron chi connectivity index (χ4n) is 3.08. The number of hydrogen-bond donors (Lipinski definition) is 2. The second-order valence-corrected chi connectivity index (χ2v) is 6.31. The first-order valence-electron chi connectivity index (χ1n) is 8.62. The second kappa shape index (κ2) is 8.09. The molecule has 1 saturated heterocycles. The van der Waals surface area contributed by atoms with Gasteiger partial charge in [0.05, 0.1) is 30.0 Å². The standard InChI is InChI=1S/C18H21N3O5/c22-16(21-8-9-26-12(11-21)10-17(23)24)7-3-6-15-19-14-5-2-1-4-13(14)18(25)20-15/h1-2,4-5,12H,3,6-11H2,(H,23,24)(H,19,20,25)/t12-/m1/s1. The predicted octanol–water partition coefficient (Wildman–Crippen LogP) is 0.948. The van der Waals surface area contributed by atoms with Crippen LogP contribution in [0.4, 0.5) is 0 Å². The van der Waals surface area contributed by atoms with Gasteiger partial charge < -0.3 is 19.7 Å². The number of amides is 1. The molecule has 0 aliphatic carbocycles. The summed E-state index contributed by atoms with van der Waals surface area (Å²) in [5, 5.41) is 9.38. The molecule has 1 aliphatic rings. The van der Waals surface area contributed by atoms with E-state index in [1.807, 2.05) is 6.07 Å². The van der Waals surface area contributed by atoms with Crippen molar-refractivity contribution in [3.8, 4) is 0 Å². The van der Waals surface area contributed by atoms with E-state index in [4.69, 9.17) is 9.84 Å². The molecule has 26 heavy (non-hydrogen) atoms. The minimum Gasteiger partial charge on any atom is -0.481 e. The molecule has 1 aromatic heterocycles. The molecule has 8 nitrogen and oxygen atoms in total. The molecular formula is C18H21N3O5. The summed E-state index contributed by atoms with van der Waals surface area (Å²) in [6.07, 6.45) is 0.807. The molecule has 2 aromatic rings. The number of aromatic nitrogens is 2. The van der Waals surface area contributed by atoms with E-state index in [0.29, 0.717) is 55.7 Å². The number of carboxylic acid groups (broad SMARTS) is 1. The zero-order valence-corrected chi connectivity index (χ0v) is 14.3. The number of fused-ring (bicyclic) bond motifs is 1. The van der Waals surface area contributed by atoms with Crippen LogP contribution in [0.2, 0.25) is 0 Å². The van der Waals surface area contributed by atoms with E-state index >= 15 is 0 Å². The number of carbonyl (C=O) groups excluding carboxylic acids is 1. The molecule has 2 N–H and O–H groups in total. The van der Waals surface area contributed by atoms with Crippen molar-refractivity contribution in [2.24, 2.45) is 0 Å². The highest BCUT2D eigenvalue weighted by atomic mass is 16.5. The summed E-state index contributed by atoms with van der Waals surface area (Å²) >= 11 is 0. The Kier molecular flexibility index (Phi) is 5.62. The third-order valence-electron chi connectivity index (χ3n) is 4.36. The van der Waals surface area contributed by atoms with E-state index < -0.39 is 12.1 Å². The highest BCUT2D eigenvalue weighted by molar-refractivity contribution is 5.77. The van der Waals surface area contributed by atoms with Gasteiger partial charge in [-0.3, -0.25) is 14.4 Å². The lowest BCUT2D eigenvalue weighted by Crippen LogP contribution is -2.46. The molecule has 0 radical (unpaired) electrons. The first-order valence-corrected chi connectivity index (χ1v) is 8.62. The maximum atomic E-state index is 12.3. The van der Waals surface area contributed by atoms with Gasteiger partial charge in [-0.1, -0.05) is 12.1 Å². The Morgan fingerprint density at radius 3 is 2.96 bits per heavy atom. The number of H-pyrrole nitrogens is 1. The highest BCUT2D eigenvalue weighted by Crippen LogP contribution is 2.12. The third kappa shape index (κ3) is 4.45. The number of aromatic amines is 1. The van der Waals surface area contributed by atoms with Crippen LogP contribution < -0.4 is 5.56 Å². The quantitative estimate of drug-likeness (QED) is 0.794. The minimum atomic E-state index is -0.935. The number of aliphatic carboxylic acids is 1. The summed E-state index contributed by atoms with van der Waals surface area (Å²) in [5.74, 6) is -0.408. The van der Waals surface area contributed by atoms with Gasteiger partial charge in [0.25, 0.3) is 5.56 Å². The van der Waals surface area contributed by atoms with E-state index in [0.717, 1.165) is 0 Å². The molecule has 0 spiro atoms. The van der Waals surface area contributed by atoms with E-state index in [1.54, 1.807) is 23.1 Å². The lowest BCUT2D eigenvalue weighted by molar-refractivity contribution is -0.147. The molecule has 3 rings (SSSR count). The van der Waals surface area contributed by atoms with Crippen LogP contribution >= 0.6 is 0 Å².